The Hall–Kier alpha value is -1.76. The van der Waals surface area contributed by atoms with E-state index in [1.165, 1.54) is 6.20 Å². The van der Waals surface area contributed by atoms with Crippen molar-refractivity contribution in [1.29, 1.82) is 0 Å². The molecule has 0 aliphatic carbocycles. The molecule has 7 heteroatoms. The molecule has 0 fully saturated rings. The van der Waals surface area contributed by atoms with Crippen LogP contribution in [0.2, 0.25) is 0 Å². The molecule has 0 amide bonds. The number of carbonyl (C=O) groups excluding carboxylic acids is 1. The van der Waals surface area contributed by atoms with E-state index < -0.39 is 18.1 Å². The maximum Gasteiger partial charge on any atom is 0.406 e. The van der Waals surface area contributed by atoms with Gasteiger partial charge in [-0.3, -0.25) is 4.79 Å². The Morgan fingerprint density at radius 2 is 1.79 bits per heavy atom. The predicted molar refractivity (Wildman–Crippen MR) is 88.9 cm³/mol. The zero-order valence-electron chi connectivity index (χ0n) is 13.7. The minimum atomic E-state index is -4.37. The number of carbonyl (C=O) groups is 1. The molecule has 0 saturated heterocycles. The van der Waals surface area contributed by atoms with Gasteiger partial charge in [-0.2, -0.15) is 13.2 Å². The number of alkyl halides is 3. The van der Waals surface area contributed by atoms with Gasteiger partial charge in [0.2, 0.25) is 0 Å². The quantitative estimate of drug-likeness (QED) is 0.721. The van der Waals surface area contributed by atoms with Crippen molar-refractivity contribution in [3.8, 4) is 11.3 Å². The molecule has 0 bridgehead atoms. The summed E-state index contributed by atoms with van der Waals surface area (Å²) in [7, 11) is 0. The van der Waals surface area contributed by atoms with Crippen molar-refractivity contribution in [2.24, 2.45) is 5.41 Å². The second-order valence-corrected chi connectivity index (χ2v) is 7.40. The summed E-state index contributed by atoms with van der Waals surface area (Å²) in [5.74, 6) is 0.0578. The first-order valence-corrected chi connectivity index (χ1v) is 8.40. The smallest absolute Gasteiger partial charge is 0.310 e. The number of rotatable bonds is 5. The molecule has 24 heavy (non-hydrogen) atoms. The number of imidazole rings is 1. The monoisotopic (exact) mass is 356 g/mol. The van der Waals surface area contributed by atoms with Crippen LogP contribution in [0.15, 0.2) is 41.7 Å². The Kier molecular flexibility index (Phi) is 5.42. The summed E-state index contributed by atoms with van der Waals surface area (Å²) in [6.45, 7) is 4.22. The summed E-state index contributed by atoms with van der Waals surface area (Å²) < 4.78 is 40.0. The molecule has 0 atom stereocenters. The highest BCUT2D eigenvalue weighted by Crippen LogP contribution is 2.31. The largest absolute Gasteiger partial charge is 0.406 e. The summed E-state index contributed by atoms with van der Waals surface area (Å²) >= 11 is 1.04. The first-order valence-electron chi connectivity index (χ1n) is 7.42. The molecule has 1 aromatic carbocycles. The Labute approximate surface area is 143 Å². The van der Waals surface area contributed by atoms with E-state index >= 15 is 0 Å². The van der Waals surface area contributed by atoms with E-state index in [9.17, 15) is 18.0 Å². The van der Waals surface area contributed by atoms with E-state index in [-0.39, 0.29) is 16.7 Å². The van der Waals surface area contributed by atoms with E-state index in [1.807, 2.05) is 0 Å². The first-order chi connectivity index (χ1) is 11.1. The van der Waals surface area contributed by atoms with Crippen molar-refractivity contribution in [2.75, 3.05) is 5.75 Å². The van der Waals surface area contributed by atoms with Gasteiger partial charge in [0.05, 0.1) is 17.6 Å². The third-order valence-corrected chi connectivity index (χ3v) is 4.39. The van der Waals surface area contributed by atoms with Gasteiger partial charge in [-0.05, 0) is 5.56 Å². The van der Waals surface area contributed by atoms with Gasteiger partial charge >= 0.3 is 6.18 Å². The van der Waals surface area contributed by atoms with Crippen LogP contribution in [-0.4, -0.2) is 27.3 Å². The summed E-state index contributed by atoms with van der Waals surface area (Å²) in [6.07, 6.45) is -2.95. The Morgan fingerprint density at radius 3 is 2.33 bits per heavy atom. The first kappa shape index (κ1) is 18.6. The number of aromatic nitrogens is 2. The van der Waals surface area contributed by atoms with Gasteiger partial charge in [-0.1, -0.05) is 62.9 Å². The summed E-state index contributed by atoms with van der Waals surface area (Å²) in [4.78, 5) is 16.1. The zero-order chi connectivity index (χ0) is 18.0. The van der Waals surface area contributed by atoms with Crippen LogP contribution in [-0.2, 0) is 11.3 Å². The molecule has 2 aromatic rings. The Morgan fingerprint density at radius 1 is 1.17 bits per heavy atom. The van der Waals surface area contributed by atoms with Gasteiger partial charge < -0.3 is 4.57 Å². The van der Waals surface area contributed by atoms with E-state index in [1.54, 1.807) is 51.1 Å². The second kappa shape index (κ2) is 7.01. The van der Waals surface area contributed by atoms with E-state index in [2.05, 4.69) is 4.98 Å². The van der Waals surface area contributed by atoms with Crippen LogP contribution in [0.25, 0.3) is 11.3 Å². The van der Waals surface area contributed by atoms with Crippen molar-refractivity contribution < 1.29 is 18.0 Å². The Balaban J connectivity index is 2.31. The van der Waals surface area contributed by atoms with Crippen LogP contribution in [0.5, 0.6) is 0 Å². The van der Waals surface area contributed by atoms with Crippen LogP contribution in [0.1, 0.15) is 20.8 Å². The molecule has 0 radical (unpaired) electrons. The average Bonchev–Trinajstić information content (AvgIpc) is 2.85. The van der Waals surface area contributed by atoms with Gasteiger partial charge in [0.25, 0.3) is 0 Å². The fourth-order valence-electron chi connectivity index (χ4n) is 1.99. The lowest BCUT2D eigenvalue weighted by Crippen LogP contribution is -2.23. The molecule has 1 aromatic heterocycles. The van der Waals surface area contributed by atoms with Crippen LogP contribution in [0.4, 0.5) is 13.2 Å². The second-order valence-electron chi connectivity index (χ2n) is 6.46. The molecule has 0 unspecified atom stereocenters. The number of ketones is 1. The summed E-state index contributed by atoms with van der Waals surface area (Å²) in [6, 6.07) is 8.79. The molecule has 0 aliphatic rings. The topological polar surface area (TPSA) is 34.9 Å². The van der Waals surface area contributed by atoms with Crippen molar-refractivity contribution in [1.82, 2.24) is 9.55 Å². The van der Waals surface area contributed by atoms with E-state index in [4.69, 9.17) is 0 Å². The van der Waals surface area contributed by atoms with Gasteiger partial charge in [0.1, 0.15) is 12.3 Å². The molecule has 3 nitrogen and oxygen atoms in total. The number of hydrogen-bond donors (Lipinski definition) is 0. The summed E-state index contributed by atoms with van der Waals surface area (Å²) in [5.41, 5.74) is 0.512. The zero-order valence-corrected chi connectivity index (χ0v) is 14.5. The standard InChI is InChI=1S/C17H19F3N2OS/c1-16(2,3)14(23)10-24-15-21-9-13(12-7-5-4-6-8-12)22(15)11-17(18,19)20/h4-9H,10-11H2,1-3H3. The lowest BCUT2D eigenvalue weighted by molar-refractivity contribution is -0.141. The highest BCUT2D eigenvalue weighted by atomic mass is 32.2. The number of thioether (sulfide) groups is 1. The number of benzene rings is 1. The summed E-state index contributed by atoms with van der Waals surface area (Å²) in [5, 5.41) is 0.198. The van der Waals surface area contributed by atoms with Crippen molar-refractivity contribution in [3.63, 3.8) is 0 Å². The predicted octanol–water partition coefficient (Wildman–Crippen LogP) is 4.82. The maximum absolute atomic E-state index is 13.0. The number of Topliss-reactive ketones (excluding diaryl/α,β-unsaturated/α-hetero) is 1. The molecule has 0 aliphatic heterocycles. The van der Waals surface area contributed by atoms with Crippen LogP contribution >= 0.6 is 11.8 Å². The molecule has 1 heterocycles. The lowest BCUT2D eigenvalue weighted by atomic mass is 9.92. The Bertz CT molecular complexity index is 703. The van der Waals surface area contributed by atoms with E-state index in [0.717, 1.165) is 16.3 Å². The normalized spacial score (nSPS) is 12.4. The van der Waals surface area contributed by atoms with Gasteiger partial charge in [-0.15, -0.1) is 0 Å². The fourth-order valence-corrected chi connectivity index (χ4v) is 3.13. The van der Waals surface area contributed by atoms with Crippen LogP contribution < -0.4 is 0 Å². The van der Waals surface area contributed by atoms with Gasteiger partial charge in [0, 0.05) is 5.41 Å². The molecule has 0 N–H and O–H groups in total. The van der Waals surface area contributed by atoms with Gasteiger partial charge in [-0.25, -0.2) is 4.98 Å². The van der Waals surface area contributed by atoms with Gasteiger partial charge in [0.15, 0.2) is 5.16 Å². The van der Waals surface area contributed by atoms with Crippen LogP contribution in [0.3, 0.4) is 0 Å². The number of hydrogen-bond acceptors (Lipinski definition) is 3. The van der Waals surface area contributed by atoms with Crippen molar-refractivity contribution in [2.45, 2.75) is 38.6 Å². The average molecular weight is 356 g/mol. The molecular formula is C17H19F3N2OS. The highest BCUT2D eigenvalue weighted by molar-refractivity contribution is 7.99. The lowest BCUT2D eigenvalue weighted by Gasteiger charge is -2.17. The molecule has 0 spiro atoms. The third kappa shape index (κ3) is 4.87. The molecule has 2 rings (SSSR count). The minimum Gasteiger partial charge on any atom is -0.310 e. The molecule has 0 saturated carbocycles. The van der Waals surface area contributed by atoms with Crippen molar-refractivity contribution in [3.05, 3.63) is 36.5 Å². The van der Waals surface area contributed by atoms with E-state index in [0.29, 0.717) is 11.3 Å². The molecular weight excluding hydrogens is 337 g/mol. The fraction of sp³-hybridized carbons (Fsp3) is 0.412. The molecule has 130 valence electrons. The number of halogens is 3. The highest BCUT2D eigenvalue weighted by Gasteiger charge is 2.31. The minimum absolute atomic E-state index is 0.0321. The van der Waals surface area contributed by atoms with Crippen LogP contribution in [0, 0.1) is 5.41 Å². The van der Waals surface area contributed by atoms with Crippen molar-refractivity contribution >= 4 is 17.5 Å². The third-order valence-electron chi connectivity index (χ3n) is 3.39. The number of nitrogens with zero attached hydrogens (tertiary/aromatic N) is 2. The maximum atomic E-state index is 13.0. The SMILES string of the molecule is CC(C)(C)C(=O)CSc1ncc(-c2ccccc2)n1CC(F)(F)F.